The smallest absolute Gasteiger partial charge is 0.0958 e. The first kappa shape index (κ1) is 12.4. The summed E-state index contributed by atoms with van der Waals surface area (Å²) in [6.45, 7) is 5.68. The monoisotopic (exact) mass is 269 g/mol. The van der Waals surface area contributed by atoms with Crippen molar-refractivity contribution in [3.63, 3.8) is 0 Å². The number of hydrogen-bond donors (Lipinski definition) is 1. The van der Waals surface area contributed by atoms with Crippen LogP contribution >= 0.6 is 0 Å². The summed E-state index contributed by atoms with van der Waals surface area (Å²) in [5.74, 6) is 1.55. The molecule has 1 fully saturated rings. The minimum absolute atomic E-state index is 0.711. The Bertz CT molecular complexity index is 628. The summed E-state index contributed by atoms with van der Waals surface area (Å²) >= 11 is 0. The van der Waals surface area contributed by atoms with Crippen molar-refractivity contribution < 1.29 is 0 Å². The van der Waals surface area contributed by atoms with Crippen molar-refractivity contribution in [1.29, 1.82) is 0 Å². The van der Waals surface area contributed by atoms with E-state index in [1.807, 2.05) is 6.33 Å². The number of rotatable bonds is 3. The first-order chi connectivity index (χ1) is 9.85. The Morgan fingerprint density at radius 1 is 1.35 bits per heavy atom. The normalized spacial score (nSPS) is 24.9. The molecule has 2 heterocycles. The van der Waals surface area contributed by atoms with Crippen molar-refractivity contribution in [2.75, 3.05) is 13.1 Å². The van der Waals surface area contributed by atoms with Gasteiger partial charge in [-0.05, 0) is 60.9 Å². The van der Waals surface area contributed by atoms with Gasteiger partial charge in [0, 0.05) is 13.1 Å². The zero-order valence-corrected chi connectivity index (χ0v) is 12.2. The molecule has 0 saturated carbocycles. The predicted octanol–water partition coefficient (Wildman–Crippen LogP) is 3.09. The highest BCUT2D eigenvalue weighted by atomic mass is 15.0. The average molecular weight is 269 g/mol. The van der Waals surface area contributed by atoms with E-state index < -0.39 is 0 Å². The van der Waals surface area contributed by atoms with E-state index in [9.17, 15) is 0 Å². The van der Waals surface area contributed by atoms with Crippen molar-refractivity contribution in [1.82, 2.24) is 14.9 Å². The molecule has 2 atom stereocenters. The minimum Gasteiger partial charge on any atom is -0.331 e. The number of nitrogens with one attached hydrogen (secondary N) is 1. The summed E-state index contributed by atoms with van der Waals surface area (Å²) in [4.78, 5) is 4.63. The highest BCUT2D eigenvalue weighted by Crippen LogP contribution is 2.38. The molecule has 3 nitrogen and oxygen atoms in total. The molecule has 1 N–H and O–H groups in total. The molecule has 20 heavy (non-hydrogen) atoms. The van der Waals surface area contributed by atoms with Crippen molar-refractivity contribution in [2.45, 2.75) is 45.1 Å². The number of aryl methyl sites for hydroxylation is 1. The highest BCUT2D eigenvalue weighted by molar-refractivity contribution is 5.78. The van der Waals surface area contributed by atoms with Gasteiger partial charge in [0.15, 0.2) is 0 Å². The second-order valence-corrected chi connectivity index (χ2v) is 6.49. The lowest BCUT2D eigenvalue weighted by atomic mass is 9.74. The summed E-state index contributed by atoms with van der Waals surface area (Å²) in [7, 11) is 0. The van der Waals surface area contributed by atoms with Gasteiger partial charge in [0.05, 0.1) is 17.4 Å². The third kappa shape index (κ3) is 1.96. The molecule has 1 aromatic carbocycles. The van der Waals surface area contributed by atoms with Crippen LogP contribution in [0.5, 0.6) is 0 Å². The molecule has 1 aliphatic heterocycles. The van der Waals surface area contributed by atoms with Gasteiger partial charge in [0.25, 0.3) is 0 Å². The van der Waals surface area contributed by atoms with E-state index in [0.29, 0.717) is 5.92 Å². The van der Waals surface area contributed by atoms with Gasteiger partial charge in [0.2, 0.25) is 0 Å². The van der Waals surface area contributed by atoms with E-state index in [1.54, 1.807) is 11.1 Å². The molecular weight excluding hydrogens is 246 g/mol. The maximum absolute atomic E-state index is 4.63. The molecule has 0 spiro atoms. The molecule has 2 aromatic rings. The van der Waals surface area contributed by atoms with Crippen LogP contribution in [0.1, 0.15) is 43.2 Å². The quantitative estimate of drug-likeness (QED) is 0.928. The maximum atomic E-state index is 4.63. The standard InChI is InChI=1S/C17H23N3/c1-2-3-4-20-11-19-16-8-15-13(7-17(16)20)5-12-6-14(15)10-18-9-12/h7-8,11-12,14,18H,2-6,9-10H2,1H3. The predicted molar refractivity (Wildman–Crippen MR) is 82.1 cm³/mol. The first-order valence-corrected chi connectivity index (χ1v) is 8.03. The number of fused-ring (bicyclic) bond motifs is 5. The van der Waals surface area contributed by atoms with Crippen molar-refractivity contribution in [2.24, 2.45) is 5.92 Å². The zero-order chi connectivity index (χ0) is 13.5. The number of unbranched alkanes of at least 4 members (excludes halogenated alkanes) is 1. The molecule has 0 amide bonds. The van der Waals surface area contributed by atoms with E-state index >= 15 is 0 Å². The van der Waals surface area contributed by atoms with Gasteiger partial charge < -0.3 is 9.88 Å². The van der Waals surface area contributed by atoms with Gasteiger partial charge >= 0.3 is 0 Å². The van der Waals surface area contributed by atoms with Gasteiger partial charge in [-0.25, -0.2) is 4.98 Å². The number of hydrogen-bond acceptors (Lipinski definition) is 2. The fourth-order valence-corrected chi connectivity index (χ4v) is 3.96. The number of benzene rings is 1. The van der Waals surface area contributed by atoms with Crippen LogP contribution in [0.3, 0.4) is 0 Å². The summed E-state index contributed by atoms with van der Waals surface area (Å²) in [5, 5.41) is 3.58. The molecule has 1 aromatic heterocycles. The van der Waals surface area contributed by atoms with E-state index in [4.69, 9.17) is 0 Å². The van der Waals surface area contributed by atoms with Crippen molar-refractivity contribution >= 4 is 11.0 Å². The zero-order valence-electron chi connectivity index (χ0n) is 12.2. The van der Waals surface area contributed by atoms with Crippen LogP contribution in [0.2, 0.25) is 0 Å². The molecule has 2 unspecified atom stereocenters. The molecule has 106 valence electrons. The van der Waals surface area contributed by atoms with Crippen LogP contribution in [0.25, 0.3) is 11.0 Å². The third-order valence-corrected chi connectivity index (χ3v) is 5.02. The van der Waals surface area contributed by atoms with Gasteiger partial charge in [-0.1, -0.05) is 13.3 Å². The Morgan fingerprint density at radius 3 is 3.20 bits per heavy atom. The minimum atomic E-state index is 0.711. The number of nitrogens with zero attached hydrogens (tertiary/aromatic N) is 2. The van der Waals surface area contributed by atoms with Gasteiger partial charge in [-0.2, -0.15) is 0 Å². The molecule has 1 aliphatic carbocycles. The fourth-order valence-electron chi connectivity index (χ4n) is 3.96. The van der Waals surface area contributed by atoms with Crippen LogP contribution in [0, 0.1) is 5.92 Å². The Morgan fingerprint density at radius 2 is 2.30 bits per heavy atom. The maximum Gasteiger partial charge on any atom is 0.0958 e. The molecule has 2 aliphatic rings. The summed E-state index contributed by atoms with van der Waals surface area (Å²) in [6.07, 6.45) is 7.10. The largest absolute Gasteiger partial charge is 0.331 e. The van der Waals surface area contributed by atoms with Crippen LogP contribution in [0.4, 0.5) is 0 Å². The van der Waals surface area contributed by atoms with Crippen molar-refractivity contribution in [3.05, 3.63) is 29.6 Å². The van der Waals surface area contributed by atoms with Crippen LogP contribution in [-0.2, 0) is 13.0 Å². The Labute approximate surface area is 120 Å². The third-order valence-electron chi connectivity index (χ3n) is 5.02. The topological polar surface area (TPSA) is 29.9 Å². The van der Waals surface area contributed by atoms with Gasteiger partial charge in [0.1, 0.15) is 0 Å². The van der Waals surface area contributed by atoms with Crippen LogP contribution in [0.15, 0.2) is 18.5 Å². The van der Waals surface area contributed by atoms with Crippen molar-refractivity contribution in [3.8, 4) is 0 Å². The molecule has 2 bridgehead atoms. The van der Waals surface area contributed by atoms with Gasteiger partial charge in [-0.3, -0.25) is 0 Å². The van der Waals surface area contributed by atoms with Crippen LogP contribution < -0.4 is 5.32 Å². The molecule has 0 radical (unpaired) electrons. The summed E-state index contributed by atoms with van der Waals surface area (Å²) < 4.78 is 2.34. The van der Waals surface area contributed by atoms with E-state index in [2.05, 4.69) is 33.9 Å². The number of piperidine rings is 1. The van der Waals surface area contributed by atoms with E-state index in [0.717, 1.165) is 19.0 Å². The van der Waals surface area contributed by atoms with Crippen LogP contribution in [-0.4, -0.2) is 22.6 Å². The average Bonchev–Trinajstić information content (AvgIpc) is 2.86. The lowest BCUT2D eigenvalue weighted by molar-refractivity contribution is 0.318. The molecule has 1 saturated heterocycles. The first-order valence-electron chi connectivity index (χ1n) is 8.03. The second kappa shape index (κ2) is 4.88. The summed E-state index contributed by atoms with van der Waals surface area (Å²) in [5.41, 5.74) is 5.66. The number of imidazole rings is 1. The highest BCUT2D eigenvalue weighted by Gasteiger charge is 2.30. The lowest BCUT2D eigenvalue weighted by Gasteiger charge is -2.36. The molecular formula is C17H23N3. The lowest BCUT2D eigenvalue weighted by Crippen LogP contribution is -2.39. The Balaban J connectivity index is 1.77. The van der Waals surface area contributed by atoms with E-state index in [-0.39, 0.29) is 0 Å². The number of aromatic nitrogens is 2. The molecule has 4 rings (SSSR count). The Hall–Kier alpha value is -1.35. The summed E-state index contributed by atoms with van der Waals surface area (Å²) in [6, 6.07) is 4.79. The second-order valence-electron chi connectivity index (χ2n) is 6.49. The fraction of sp³-hybridized carbons (Fsp3) is 0.588. The van der Waals surface area contributed by atoms with E-state index in [1.165, 1.54) is 43.3 Å². The molecule has 3 heteroatoms. The SMILES string of the molecule is CCCCn1cnc2cc3c(cc21)CC1CNCC3C1. The van der Waals surface area contributed by atoms with Gasteiger partial charge in [-0.15, -0.1) is 0 Å². The Kier molecular flexibility index (Phi) is 3.03.